The van der Waals surface area contributed by atoms with Crippen LogP contribution in [0.5, 0.6) is 0 Å². The van der Waals surface area contributed by atoms with Crippen molar-refractivity contribution in [3.05, 3.63) is 21.2 Å². The predicted octanol–water partition coefficient (Wildman–Crippen LogP) is 0.272. The molecule has 1 heterocycles. The van der Waals surface area contributed by atoms with Crippen LogP contribution < -0.4 is 10.9 Å². The van der Waals surface area contributed by atoms with Gasteiger partial charge in [0.15, 0.2) is 0 Å². The van der Waals surface area contributed by atoms with Crippen LogP contribution in [0.3, 0.4) is 0 Å². The van der Waals surface area contributed by atoms with Crippen molar-refractivity contribution in [1.29, 1.82) is 5.41 Å². The average Bonchev–Trinajstić information content (AvgIpc) is 2.13. The van der Waals surface area contributed by atoms with Gasteiger partial charge in [-0.15, -0.1) is 0 Å². The van der Waals surface area contributed by atoms with Gasteiger partial charge in [-0.1, -0.05) is 13.8 Å². The maximum Gasteiger partial charge on any atom is 0.266 e. The van der Waals surface area contributed by atoms with Crippen molar-refractivity contribution >= 4 is 23.6 Å². The Kier molecular flexibility index (Phi) is 3.99. The smallest absolute Gasteiger partial charge is 0.266 e. The van der Waals surface area contributed by atoms with Gasteiger partial charge in [0.05, 0.1) is 6.54 Å². The van der Waals surface area contributed by atoms with Crippen molar-refractivity contribution in [2.45, 2.75) is 13.8 Å². The van der Waals surface area contributed by atoms with E-state index in [1.54, 1.807) is 0 Å². The van der Waals surface area contributed by atoms with E-state index in [0.717, 1.165) is 12.8 Å². The Labute approximate surface area is 92.4 Å². The molecule has 1 rings (SSSR count). The monoisotopic (exact) mass is 229 g/mol. The maximum atomic E-state index is 11.4. The van der Waals surface area contributed by atoms with Crippen LogP contribution in [0.4, 0.5) is 5.82 Å². The van der Waals surface area contributed by atoms with Gasteiger partial charge < -0.3 is 5.41 Å². The van der Waals surface area contributed by atoms with Gasteiger partial charge in [-0.2, -0.15) is 4.98 Å². The Morgan fingerprint density at radius 3 is 2.87 bits per heavy atom. The van der Waals surface area contributed by atoms with Gasteiger partial charge in [0, 0.05) is 12.1 Å². The highest BCUT2D eigenvalue weighted by atomic mass is 35.5. The molecule has 0 spiro atoms. The summed E-state index contributed by atoms with van der Waals surface area (Å²) in [4.78, 5) is 17.7. The zero-order chi connectivity index (χ0) is 11.4. The molecular formula is C9H14ClN4O+. The van der Waals surface area contributed by atoms with Crippen LogP contribution in [0.2, 0.25) is 5.28 Å². The van der Waals surface area contributed by atoms with Crippen molar-refractivity contribution in [3.8, 4) is 0 Å². The summed E-state index contributed by atoms with van der Waals surface area (Å²) in [6.07, 6.45) is 0.994. The largest absolute Gasteiger partial charge is 0.308 e. The highest BCUT2D eigenvalue weighted by Gasteiger charge is 2.12. The Morgan fingerprint density at radius 1 is 1.67 bits per heavy atom. The van der Waals surface area contributed by atoms with Crippen LogP contribution >= 0.6 is 11.6 Å². The van der Waals surface area contributed by atoms with Crippen molar-refractivity contribution in [2.75, 3.05) is 6.54 Å². The number of nitrogens with two attached hydrogens (primary N) is 1. The van der Waals surface area contributed by atoms with Crippen LogP contribution in [0.25, 0.3) is 0 Å². The standard InChI is InChI=1S/C9H13ClN4O/c1-5(2)4-12-7-6(3-11)8(15)14-9(10)13-7/h3,5,11H,4H2,1-2H3,(H2,12,13,14,15)/p+1. The highest BCUT2D eigenvalue weighted by Crippen LogP contribution is 2.02. The maximum absolute atomic E-state index is 11.4. The van der Waals surface area contributed by atoms with Gasteiger partial charge in [0.2, 0.25) is 11.1 Å². The second-order valence-corrected chi connectivity index (χ2v) is 3.99. The fourth-order valence-electron chi connectivity index (χ4n) is 1.11. The molecule has 0 unspecified atom stereocenters. The van der Waals surface area contributed by atoms with Crippen molar-refractivity contribution in [2.24, 2.45) is 5.92 Å². The lowest BCUT2D eigenvalue weighted by Gasteiger charge is -2.04. The first kappa shape index (κ1) is 11.9. The first-order valence-electron chi connectivity index (χ1n) is 4.68. The van der Waals surface area contributed by atoms with Gasteiger partial charge >= 0.3 is 0 Å². The zero-order valence-electron chi connectivity index (χ0n) is 8.67. The molecular weight excluding hydrogens is 216 g/mol. The summed E-state index contributed by atoms with van der Waals surface area (Å²) in [5, 5.41) is 9.02. The van der Waals surface area contributed by atoms with Gasteiger partial charge in [0.1, 0.15) is 5.56 Å². The topological polar surface area (TPSA) is 86.2 Å². The second kappa shape index (κ2) is 5.04. The number of nitrogens with one attached hydrogen (secondary N) is 2. The Morgan fingerprint density at radius 2 is 2.33 bits per heavy atom. The number of aromatic nitrogens is 2. The molecule has 15 heavy (non-hydrogen) atoms. The van der Waals surface area contributed by atoms with Crippen molar-refractivity contribution in [3.63, 3.8) is 0 Å². The molecule has 0 aliphatic heterocycles. The Bertz CT molecular complexity index is 413. The third-order valence-corrected chi connectivity index (χ3v) is 2.06. The van der Waals surface area contributed by atoms with Gasteiger partial charge in [-0.25, -0.2) is 0 Å². The van der Waals surface area contributed by atoms with Crippen molar-refractivity contribution < 1.29 is 5.32 Å². The summed E-state index contributed by atoms with van der Waals surface area (Å²) in [5.41, 5.74) is -0.125. The summed E-state index contributed by atoms with van der Waals surface area (Å²) in [6, 6.07) is 0. The quantitative estimate of drug-likeness (QED) is 0.511. The lowest BCUT2D eigenvalue weighted by Crippen LogP contribution is -2.80. The number of halogens is 1. The molecule has 1 aromatic heterocycles. The Hall–Kier alpha value is -1.20. The average molecular weight is 230 g/mol. The summed E-state index contributed by atoms with van der Waals surface area (Å²) < 4.78 is 0. The molecule has 5 nitrogen and oxygen atoms in total. The number of hydrogen-bond acceptors (Lipinski definition) is 3. The van der Waals surface area contributed by atoms with E-state index in [4.69, 9.17) is 17.0 Å². The van der Waals surface area contributed by atoms with E-state index in [0.29, 0.717) is 11.7 Å². The molecule has 6 heteroatoms. The van der Waals surface area contributed by atoms with E-state index < -0.39 is 0 Å². The molecule has 0 aliphatic carbocycles. The van der Waals surface area contributed by atoms with Gasteiger partial charge in [0.25, 0.3) is 5.56 Å². The Balaban J connectivity index is 3.04. The molecule has 0 bridgehead atoms. The molecule has 0 fully saturated rings. The second-order valence-electron chi connectivity index (χ2n) is 3.63. The molecule has 0 saturated carbocycles. The molecule has 0 aromatic carbocycles. The fraction of sp³-hybridized carbons (Fsp3) is 0.444. The van der Waals surface area contributed by atoms with Crippen LogP contribution in [-0.2, 0) is 0 Å². The molecule has 1 aromatic rings. The fourth-order valence-corrected chi connectivity index (χ4v) is 1.29. The van der Waals surface area contributed by atoms with E-state index >= 15 is 0 Å². The number of hydrogen-bond donors (Lipinski definition) is 3. The van der Waals surface area contributed by atoms with E-state index in [1.165, 1.54) is 0 Å². The number of H-pyrrole nitrogens is 1. The third kappa shape index (κ3) is 3.14. The van der Waals surface area contributed by atoms with E-state index in [2.05, 4.69) is 23.8 Å². The lowest BCUT2D eigenvalue weighted by atomic mass is 10.2. The normalized spacial score (nSPS) is 10.7. The summed E-state index contributed by atoms with van der Waals surface area (Å²) in [6.45, 7) is 4.93. The molecule has 4 N–H and O–H groups in total. The zero-order valence-corrected chi connectivity index (χ0v) is 9.43. The number of rotatable bonds is 4. The molecule has 0 aliphatic rings. The van der Waals surface area contributed by atoms with Gasteiger partial charge in [-0.3, -0.25) is 15.1 Å². The minimum atomic E-state index is -0.375. The predicted molar refractivity (Wildman–Crippen MR) is 59.0 cm³/mol. The molecule has 0 saturated heterocycles. The first-order chi connectivity index (χ1) is 7.04. The van der Waals surface area contributed by atoms with Crippen LogP contribution in [-0.4, -0.2) is 22.7 Å². The SMILES string of the molecule is CC(C)C[NH2+]c1nc(Cl)[nH]c(=O)c1C=N. The molecule has 82 valence electrons. The summed E-state index contributed by atoms with van der Waals surface area (Å²) in [7, 11) is 0. The first-order valence-corrected chi connectivity index (χ1v) is 5.06. The van der Waals surface area contributed by atoms with E-state index in [9.17, 15) is 4.79 Å². The molecule has 0 atom stereocenters. The van der Waals surface area contributed by atoms with E-state index in [-0.39, 0.29) is 16.4 Å². The molecule has 0 radical (unpaired) electrons. The van der Waals surface area contributed by atoms with Crippen molar-refractivity contribution in [1.82, 2.24) is 9.97 Å². The van der Waals surface area contributed by atoms with Crippen LogP contribution in [0.15, 0.2) is 4.79 Å². The number of quaternary nitrogens is 1. The van der Waals surface area contributed by atoms with Gasteiger partial charge in [-0.05, 0) is 11.6 Å². The number of aromatic amines is 1. The third-order valence-electron chi connectivity index (χ3n) is 1.88. The minimum absolute atomic E-state index is 0.0561. The van der Waals surface area contributed by atoms with E-state index in [1.807, 2.05) is 5.32 Å². The summed E-state index contributed by atoms with van der Waals surface area (Å²) >= 11 is 5.63. The lowest BCUT2D eigenvalue weighted by molar-refractivity contribution is -0.581. The minimum Gasteiger partial charge on any atom is -0.308 e. The summed E-state index contributed by atoms with van der Waals surface area (Å²) in [5.74, 6) is 0.955. The van der Waals surface area contributed by atoms with Crippen LogP contribution in [0.1, 0.15) is 19.4 Å². The molecule has 0 amide bonds. The highest BCUT2D eigenvalue weighted by molar-refractivity contribution is 6.28. The van der Waals surface area contributed by atoms with Crippen LogP contribution in [0, 0.1) is 11.3 Å². The number of nitrogens with zero attached hydrogens (tertiary/aromatic N) is 1.